The summed E-state index contributed by atoms with van der Waals surface area (Å²) in [5, 5.41) is 31.4. The Hall–Kier alpha value is -3.34. The number of aliphatic hydroxyl groups excluding tert-OH is 3. The topological polar surface area (TPSA) is 129 Å². The van der Waals surface area contributed by atoms with Crippen LogP contribution >= 0.6 is 0 Å². The average Bonchev–Trinajstić information content (AvgIpc) is 3.34. The SMILES string of the molecule is OCC(CO)(CO)Nc1nccc(-c2c(-c3ccc(F)cc3)nc3occn23)n1. The molecule has 0 unspecified atom stereocenters. The molecule has 10 heteroatoms. The number of nitrogens with one attached hydrogen (secondary N) is 1. The Balaban J connectivity index is 1.82. The maximum absolute atomic E-state index is 13.3. The van der Waals surface area contributed by atoms with Gasteiger partial charge in [0.15, 0.2) is 0 Å². The second kappa shape index (κ2) is 7.59. The Labute approximate surface area is 164 Å². The first-order valence-electron chi connectivity index (χ1n) is 8.75. The Morgan fingerprint density at radius 1 is 1.03 bits per heavy atom. The van der Waals surface area contributed by atoms with E-state index in [1.807, 2.05) is 0 Å². The number of rotatable bonds is 7. The fraction of sp³-hybridized carbons (Fsp3) is 0.211. The van der Waals surface area contributed by atoms with Crippen molar-refractivity contribution in [1.82, 2.24) is 19.4 Å². The molecule has 0 aliphatic rings. The van der Waals surface area contributed by atoms with Crippen LogP contribution in [0, 0.1) is 5.82 Å². The first-order valence-corrected chi connectivity index (χ1v) is 8.75. The lowest BCUT2D eigenvalue weighted by Crippen LogP contribution is -2.49. The van der Waals surface area contributed by atoms with Crippen molar-refractivity contribution in [2.75, 3.05) is 25.1 Å². The highest BCUT2D eigenvalue weighted by Crippen LogP contribution is 2.32. The standard InChI is InChI=1S/C19H18FN5O4/c20-13-3-1-12(2-4-13)15-16(25-7-8-29-18(25)23-15)14-5-6-21-17(22-14)24-19(9-26,10-27)11-28/h1-8,26-28H,9-11H2,(H,21,22,24). The summed E-state index contributed by atoms with van der Waals surface area (Å²) in [7, 11) is 0. The van der Waals surface area contributed by atoms with Crippen LogP contribution in [0.3, 0.4) is 0 Å². The molecule has 1 aromatic carbocycles. The number of aromatic nitrogens is 4. The monoisotopic (exact) mass is 399 g/mol. The van der Waals surface area contributed by atoms with E-state index < -0.39 is 25.4 Å². The second-order valence-electron chi connectivity index (χ2n) is 6.52. The van der Waals surface area contributed by atoms with Crippen molar-refractivity contribution in [3.63, 3.8) is 0 Å². The largest absolute Gasteiger partial charge is 0.432 e. The Morgan fingerprint density at radius 2 is 1.76 bits per heavy atom. The Kier molecular flexibility index (Phi) is 4.97. The van der Waals surface area contributed by atoms with Gasteiger partial charge in [-0.2, -0.15) is 4.98 Å². The van der Waals surface area contributed by atoms with Crippen LogP contribution < -0.4 is 5.32 Å². The summed E-state index contributed by atoms with van der Waals surface area (Å²) < 4.78 is 20.4. The molecule has 0 bridgehead atoms. The molecule has 0 saturated heterocycles. The highest BCUT2D eigenvalue weighted by molar-refractivity contribution is 5.79. The molecule has 0 fully saturated rings. The predicted octanol–water partition coefficient (Wildman–Crippen LogP) is 1.32. The molecule has 4 rings (SSSR count). The summed E-state index contributed by atoms with van der Waals surface area (Å²) in [4.78, 5) is 13.0. The molecule has 0 aliphatic heterocycles. The number of benzene rings is 1. The van der Waals surface area contributed by atoms with Crippen LogP contribution in [0.15, 0.2) is 53.4 Å². The van der Waals surface area contributed by atoms with E-state index in [0.717, 1.165) is 0 Å². The molecule has 0 saturated carbocycles. The van der Waals surface area contributed by atoms with Crippen LogP contribution in [0.25, 0.3) is 28.5 Å². The van der Waals surface area contributed by atoms with Crippen LogP contribution in [-0.2, 0) is 0 Å². The molecule has 29 heavy (non-hydrogen) atoms. The van der Waals surface area contributed by atoms with Gasteiger partial charge in [0, 0.05) is 18.0 Å². The van der Waals surface area contributed by atoms with E-state index in [0.29, 0.717) is 28.5 Å². The summed E-state index contributed by atoms with van der Waals surface area (Å²) in [5.74, 6) is 0.0751. The van der Waals surface area contributed by atoms with Gasteiger partial charge in [0.05, 0.1) is 25.5 Å². The molecule has 0 spiro atoms. The van der Waals surface area contributed by atoms with E-state index in [9.17, 15) is 19.7 Å². The van der Waals surface area contributed by atoms with Gasteiger partial charge in [0.25, 0.3) is 0 Å². The highest BCUT2D eigenvalue weighted by Gasteiger charge is 2.29. The molecular weight excluding hydrogens is 381 g/mol. The third-order valence-corrected chi connectivity index (χ3v) is 4.56. The zero-order valence-electron chi connectivity index (χ0n) is 15.2. The van der Waals surface area contributed by atoms with Gasteiger partial charge < -0.3 is 25.1 Å². The maximum atomic E-state index is 13.3. The number of aliphatic hydroxyl groups is 3. The smallest absolute Gasteiger partial charge is 0.306 e. The molecule has 0 atom stereocenters. The number of fused-ring (bicyclic) bond motifs is 1. The first kappa shape index (κ1) is 19.0. The molecule has 150 valence electrons. The van der Waals surface area contributed by atoms with Gasteiger partial charge in [-0.1, -0.05) is 0 Å². The third kappa shape index (κ3) is 3.44. The van der Waals surface area contributed by atoms with Gasteiger partial charge in [-0.15, -0.1) is 0 Å². The minimum atomic E-state index is -1.37. The number of nitrogens with zero attached hydrogens (tertiary/aromatic N) is 4. The van der Waals surface area contributed by atoms with E-state index in [4.69, 9.17) is 4.42 Å². The summed E-state index contributed by atoms with van der Waals surface area (Å²) in [6, 6.07) is 7.55. The number of oxazole rings is 1. The summed E-state index contributed by atoms with van der Waals surface area (Å²) in [6.07, 6.45) is 4.66. The van der Waals surface area contributed by atoms with Crippen LogP contribution in [0.4, 0.5) is 10.3 Å². The zero-order valence-corrected chi connectivity index (χ0v) is 15.2. The molecule has 3 aromatic heterocycles. The maximum Gasteiger partial charge on any atom is 0.306 e. The molecule has 0 amide bonds. The average molecular weight is 399 g/mol. The third-order valence-electron chi connectivity index (χ3n) is 4.56. The van der Waals surface area contributed by atoms with Gasteiger partial charge in [-0.25, -0.2) is 14.4 Å². The van der Waals surface area contributed by atoms with Gasteiger partial charge in [0.1, 0.15) is 29.0 Å². The van der Waals surface area contributed by atoms with Crippen LogP contribution in [0.2, 0.25) is 0 Å². The van der Waals surface area contributed by atoms with E-state index in [1.165, 1.54) is 24.6 Å². The number of hydrogen-bond donors (Lipinski definition) is 4. The number of hydrogen-bond acceptors (Lipinski definition) is 8. The van der Waals surface area contributed by atoms with Gasteiger partial charge in [-0.3, -0.25) is 4.40 Å². The van der Waals surface area contributed by atoms with Crippen molar-refractivity contribution in [3.05, 3.63) is 54.8 Å². The number of halogens is 1. The van der Waals surface area contributed by atoms with E-state index in [2.05, 4.69) is 20.3 Å². The van der Waals surface area contributed by atoms with E-state index >= 15 is 0 Å². The van der Waals surface area contributed by atoms with Crippen molar-refractivity contribution in [2.24, 2.45) is 0 Å². The lowest BCUT2D eigenvalue weighted by molar-refractivity contribution is 0.0828. The van der Waals surface area contributed by atoms with Gasteiger partial charge in [-0.05, 0) is 30.3 Å². The highest BCUT2D eigenvalue weighted by atomic mass is 19.1. The van der Waals surface area contributed by atoms with Crippen LogP contribution in [-0.4, -0.2) is 60.0 Å². The lowest BCUT2D eigenvalue weighted by atomic mass is 10.0. The predicted molar refractivity (Wildman–Crippen MR) is 101 cm³/mol. The summed E-state index contributed by atoms with van der Waals surface area (Å²) >= 11 is 0. The molecule has 0 radical (unpaired) electrons. The molecular formula is C19H18FN5O4. The molecule has 4 aromatic rings. The summed E-state index contributed by atoms with van der Waals surface area (Å²) in [6.45, 7) is -1.56. The van der Waals surface area contributed by atoms with Crippen molar-refractivity contribution in [3.8, 4) is 22.6 Å². The van der Waals surface area contributed by atoms with Crippen molar-refractivity contribution < 1.29 is 24.1 Å². The minimum absolute atomic E-state index is 0.100. The molecule has 0 aliphatic carbocycles. The number of anilines is 1. The molecule has 9 nitrogen and oxygen atoms in total. The van der Waals surface area contributed by atoms with Crippen LogP contribution in [0.5, 0.6) is 0 Å². The van der Waals surface area contributed by atoms with Crippen molar-refractivity contribution >= 4 is 11.8 Å². The van der Waals surface area contributed by atoms with E-state index in [1.54, 1.807) is 28.8 Å². The van der Waals surface area contributed by atoms with Crippen molar-refractivity contribution in [1.29, 1.82) is 0 Å². The van der Waals surface area contributed by atoms with Gasteiger partial charge >= 0.3 is 5.84 Å². The Morgan fingerprint density at radius 3 is 2.45 bits per heavy atom. The first-order chi connectivity index (χ1) is 14.1. The fourth-order valence-electron chi connectivity index (χ4n) is 2.90. The fourth-order valence-corrected chi connectivity index (χ4v) is 2.90. The number of imidazole rings is 1. The zero-order chi connectivity index (χ0) is 20.4. The van der Waals surface area contributed by atoms with Crippen molar-refractivity contribution in [2.45, 2.75) is 5.54 Å². The second-order valence-corrected chi connectivity index (χ2v) is 6.52. The summed E-state index contributed by atoms with van der Waals surface area (Å²) in [5.41, 5.74) is 0.892. The Bertz CT molecular complexity index is 1110. The minimum Gasteiger partial charge on any atom is -0.432 e. The molecule has 4 N–H and O–H groups in total. The van der Waals surface area contributed by atoms with Gasteiger partial charge in [0.2, 0.25) is 5.95 Å². The van der Waals surface area contributed by atoms with Crippen LogP contribution in [0.1, 0.15) is 0 Å². The molecule has 3 heterocycles. The van der Waals surface area contributed by atoms with E-state index in [-0.39, 0.29) is 11.8 Å². The quantitative estimate of drug-likeness (QED) is 0.366. The normalized spacial score (nSPS) is 11.9. The lowest BCUT2D eigenvalue weighted by Gasteiger charge is -2.28.